The summed E-state index contributed by atoms with van der Waals surface area (Å²) in [5.74, 6) is 0.579. The van der Waals surface area contributed by atoms with E-state index in [4.69, 9.17) is 10.5 Å². The van der Waals surface area contributed by atoms with Crippen LogP contribution in [0.3, 0.4) is 0 Å². The summed E-state index contributed by atoms with van der Waals surface area (Å²) in [4.78, 5) is 11.3. The maximum absolute atomic E-state index is 11.3. The number of halogens is 1. The largest absolute Gasteiger partial charge is 0.493 e. The fourth-order valence-electron chi connectivity index (χ4n) is 1.12. The predicted octanol–water partition coefficient (Wildman–Crippen LogP) is 2.47. The number of carbonyl (C=O) groups excluding carboxylic acids is 1. The van der Waals surface area contributed by atoms with Crippen LogP contribution in [0, 0.1) is 3.57 Å². The van der Waals surface area contributed by atoms with Gasteiger partial charge < -0.3 is 10.5 Å². The molecule has 0 radical (unpaired) electrons. The highest BCUT2D eigenvalue weighted by Gasteiger charge is 2.11. The van der Waals surface area contributed by atoms with Gasteiger partial charge in [-0.2, -0.15) is 0 Å². The molecule has 0 saturated heterocycles. The minimum absolute atomic E-state index is 0.0310. The number of carbonyl (C=O) groups is 1. The van der Waals surface area contributed by atoms with Crippen LogP contribution in [0.1, 0.15) is 24.2 Å². The van der Waals surface area contributed by atoms with Crippen LogP contribution >= 0.6 is 22.6 Å². The van der Waals surface area contributed by atoms with Crippen molar-refractivity contribution in [3.8, 4) is 5.75 Å². The second kappa shape index (κ2) is 4.63. The zero-order valence-corrected chi connectivity index (χ0v) is 10.3. The van der Waals surface area contributed by atoms with Crippen LogP contribution in [-0.4, -0.2) is 12.4 Å². The molecule has 1 rings (SSSR count). The fraction of sp³-hybridized carbons (Fsp3) is 0.300. The van der Waals surface area contributed by atoms with Crippen molar-refractivity contribution in [3.05, 3.63) is 21.3 Å². The lowest BCUT2D eigenvalue weighted by atomic mass is 10.1. The summed E-state index contributed by atoms with van der Waals surface area (Å²) < 4.78 is 6.25. The Hall–Kier alpha value is -0.780. The summed E-state index contributed by atoms with van der Waals surface area (Å²) in [6.07, 6.45) is 0. The van der Waals surface area contributed by atoms with Gasteiger partial charge in [-0.3, -0.25) is 4.79 Å². The van der Waals surface area contributed by atoms with E-state index < -0.39 is 0 Å². The maximum atomic E-state index is 11.3. The molecule has 0 unspecified atom stereocenters. The molecule has 0 spiro atoms. The number of hydrogen-bond acceptors (Lipinski definition) is 3. The first-order valence-corrected chi connectivity index (χ1v) is 5.37. The highest BCUT2D eigenvalue weighted by molar-refractivity contribution is 14.1. The van der Waals surface area contributed by atoms with Gasteiger partial charge in [0.05, 0.1) is 12.2 Å². The first-order chi connectivity index (χ1) is 6.56. The molecule has 0 aliphatic rings. The summed E-state index contributed by atoms with van der Waals surface area (Å²) in [6, 6.07) is 3.45. The molecule has 1 aromatic rings. The van der Waals surface area contributed by atoms with Crippen LogP contribution in [0.15, 0.2) is 12.1 Å². The van der Waals surface area contributed by atoms with Gasteiger partial charge >= 0.3 is 0 Å². The van der Waals surface area contributed by atoms with E-state index in [1.54, 1.807) is 12.1 Å². The first-order valence-electron chi connectivity index (χ1n) is 4.29. The van der Waals surface area contributed by atoms with E-state index >= 15 is 0 Å². The predicted molar refractivity (Wildman–Crippen MR) is 64.7 cm³/mol. The van der Waals surface area contributed by atoms with Gasteiger partial charge in [-0.25, -0.2) is 0 Å². The number of ketones is 1. The molecule has 0 fully saturated rings. The molecule has 0 saturated carbocycles. The molecule has 0 atom stereocenters. The van der Waals surface area contributed by atoms with Crippen LogP contribution in [0.4, 0.5) is 5.69 Å². The monoisotopic (exact) mass is 305 g/mol. The van der Waals surface area contributed by atoms with Crippen molar-refractivity contribution in [2.45, 2.75) is 13.8 Å². The molecule has 0 heterocycles. The standard InChI is InChI=1S/C10H12INO2/c1-3-14-10-5-8(11)9(12)4-7(10)6(2)13/h4-5H,3,12H2,1-2H3. The molecule has 0 aliphatic heterocycles. The number of nitrogens with two attached hydrogens (primary N) is 1. The Morgan fingerprint density at radius 1 is 1.57 bits per heavy atom. The Labute approximate surface area is 96.8 Å². The summed E-state index contributed by atoms with van der Waals surface area (Å²) in [7, 11) is 0. The van der Waals surface area contributed by atoms with Crippen molar-refractivity contribution in [2.75, 3.05) is 12.3 Å². The smallest absolute Gasteiger partial charge is 0.163 e. The average Bonchev–Trinajstić information content (AvgIpc) is 2.11. The molecule has 0 aromatic heterocycles. The van der Waals surface area contributed by atoms with Crippen molar-refractivity contribution in [1.29, 1.82) is 0 Å². The summed E-state index contributed by atoms with van der Waals surface area (Å²) in [5, 5.41) is 0. The van der Waals surface area contributed by atoms with Gasteiger partial charge in [-0.15, -0.1) is 0 Å². The zero-order valence-electron chi connectivity index (χ0n) is 8.13. The normalized spacial score (nSPS) is 9.93. The molecule has 76 valence electrons. The molecule has 14 heavy (non-hydrogen) atoms. The second-order valence-electron chi connectivity index (χ2n) is 2.86. The maximum Gasteiger partial charge on any atom is 0.163 e. The summed E-state index contributed by atoms with van der Waals surface area (Å²) in [5.41, 5.74) is 6.86. The van der Waals surface area contributed by atoms with Crippen LogP contribution in [0.25, 0.3) is 0 Å². The molecule has 3 nitrogen and oxygen atoms in total. The van der Waals surface area contributed by atoms with Gasteiger partial charge in [0.15, 0.2) is 5.78 Å². The van der Waals surface area contributed by atoms with E-state index in [0.29, 0.717) is 23.6 Å². The number of hydrogen-bond donors (Lipinski definition) is 1. The molecule has 4 heteroatoms. The number of rotatable bonds is 3. The Bertz CT molecular complexity index is 363. The SMILES string of the molecule is CCOc1cc(I)c(N)cc1C(C)=O. The third-order valence-electron chi connectivity index (χ3n) is 1.78. The van der Waals surface area contributed by atoms with Gasteiger partial charge in [-0.1, -0.05) is 0 Å². The van der Waals surface area contributed by atoms with Crippen LogP contribution in [0.2, 0.25) is 0 Å². The van der Waals surface area contributed by atoms with E-state index in [9.17, 15) is 4.79 Å². The third kappa shape index (κ3) is 2.37. The van der Waals surface area contributed by atoms with E-state index in [1.807, 2.05) is 6.92 Å². The van der Waals surface area contributed by atoms with Crippen LogP contribution < -0.4 is 10.5 Å². The van der Waals surface area contributed by atoms with E-state index in [2.05, 4.69) is 22.6 Å². The van der Waals surface area contributed by atoms with E-state index in [0.717, 1.165) is 3.57 Å². The lowest BCUT2D eigenvalue weighted by molar-refractivity contribution is 0.101. The quantitative estimate of drug-likeness (QED) is 0.530. The van der Waals surface area contributed by atoms with Crippen molar-refractivity contribution >= 4 is 34.1 Å². The van der Waals surface area contributed by atoms with Crippen molar-refractivity contribution in [2.24, 2.45) is 0 Å². The molecule has 0 amide bonds. The molecular weight excluding hydrogens is 293 g/mol. The van der Waals surface area contributed by atoms with E-state index in [1.165, 1.54) is 6.92 Å². The number of Topliss-reactive ketones (excluding diaryl/α,β-unsaturated/α-hetero) is 1. The average molecular weight is 305 g/mol. The van der Waals surface area contributed by atoms with Gasteiger partial charge in [0.25, 0.3) is 0 Å². The molecule has 0 bridgehead atoms. The van der Waals surface area contributed by atoms with Gasteiger partial charge in [-0.05, 0) is 48.6 Å². The van der Waals surface area contributed by atoms with Gasteiger partial charge in [0.1, 0.15) is 5.75 Å². The first kappa shape index (κ1) is 11.3. The zero-order chi connectivity index (χ0) is 10.7. The minimum atomic E-state index is -0.0310. The minimum Gasteiger partial charge on any atom is -0.493 e. The topological polar surface area (TPSA) is 52.3 Å². The highest BCUT2D eigenvalue weighted by atomic mass is 127. The van der Waals surface area contributed by atoms with Crippen molar-refractivity contribution in [1.82, 2.24) is 0 Å². The fourth-order valence-corrected chi connectivity index (χ4v) is 1.56. The lowest BCUT2D eigenvalue weighted by Crippen LogP contribution is -2.03. The number of benzene rings is 1. The molecular formula is C10H12INO2. The van der Waals surface area contributed by atoms with Crippen molar-refractivity contribution in [3.63, 3.8) is 0 Å². The van der Waals surface area contributed by atoms with Crippen LogP contribution in [-0.2, 0) is 0 Å². The molecule has 1 aromatic carbocycles. The Morgan fingerprint density at radius 2 is 2.21 bits per heavy atom. The summed E-state index contributed by atoms with van der Waals surface area (Å²) in [6.45, 7) is 3.93. The number of ether oxygens (including phenoxy) is 1. The Kier molecular flexibility index (Phi) is 3.74. The highest BCUT2D eigenvalue weighted by Crippen LogP contribution is 2.27. The number of anilines is 1. The molecule has 2 N–H and O–H groups in total. The van der Waals surface area contributed by atoms with E-state index in [-0.39, 0.29) is 5.78 Å². The van der Waals surface area contributed by atoms with Crippen LogP contribution in [0.5, 0.6) is 5.75 Å². The number of nitrogen functional groups attached to an aromatic ring is 1. The molecule has 0 aliphatic carbocycles. The van der Waals surface area contributed by atoms with Crippen molar-refractivity contribution < 1.29 is 9.53 Å². The second-order valence-corrected chi connectivity index (χ2v) is 4.02. The lowest BCUT2D eigenvalue weighted by Gasteiger charge is -2.09. The third-order valence-corrected chi connectivity index (χ3v) is 2.71. The Balaban J connectivity index is 3.24. The Morgan fingerprint density at radius 3 is 2.71 bits per heavy atom. The summed E-state index contributed by atoms with van der Waals surface area (Å²) >= 11 is 2.11. The van der Waals surface area contributed by atoms with Gasteiger partial charge in [0.2, 0.25) is 0 Å². The van der Waals surface area contributed by atoms with Gasteiger partial charge in [0, 0.05) is 9.26 Å².